The second-order valence-electron chi connectivity index (χ2n) is 9.39. The Hall–Kier alpha value is -1.90. The molecule has 1 aliphatic heterocycles. The van der Waals surface area contributed by atoms with Gasteiger partial charge in [0, 0.05) is 6.54 Å². The van der Waals surface area contributed by atoms with Gasteiger partial charge in [-0.3, -0.25) is 4.90 Å². The van der Waals surface area contributed by atoms with E-state index < -0.39 is 32.0 Å². The summed E-state index contributed by atoms with van der Waals surface area (Å²) in [6.45, 7) is 11.4. The molecule has 1 aromatic rings. The zero-order chi connectivity index (χ0) is 22.6. The van der Waals surface area contributed by atoms with Gasteiger partial charge in [-0.05, 0) is 36.5 Å². The lowest BCUT2D eigenvalue weighted by atomic mass is 9.88. The van der Waals surface area contributed by atoms with Gasteiger partial charge in [-0.15, -0.1) is 0 Å². The van der Waals surface area contributed by atoms with Crippen LogP contribution in [0.2, 0.25) is 18.1 Å². The summed E-state index contributed by atoms with van der Waals surface area (Å²) in [6, 6.07) is 8.70. The van der Waals surface area contributed by atoms with E-state index in [1.807, 2.05) is 30.3 Å². The second-order valence-corrected chi connectivity index (χ2v) is 14.2. The molecule has 1 aliphatic rings. The average Bonchev–Trinajstić information content (AvgIpc) is 3.15. The van der Waals surface area contributed by atoms with Gasteiger partial charge in [0.2, 0.25) is 0 Å². The highest BCUT2D eigenvalue weighted by Gasteiger charge is 2.56. The lowest BCUT2D eigenvalue weighted by molar-refractivity contribution is -0.154. The molecule has 0 bridgehead atoms. The van der Waals surface area contributed by atoms with Crippen LogP contribution in [0, 0.1) is 0 Å². The Morgan fingerprint density at radius 3 is 2.43 bits per heavy atom. The van der Waals surface area contributed by atoms with Crippen LogP contribution in [-0.4, -0.2) is 57.1 Å². The summed E-state index contributed by atoms with van der Waals surface area (Å²) >= 11 is 0. The molecule has 1 aromatic carbocycles. The summed E-state index contributed by atoms with van der Waals surface area (Å²) in [5, 5.41) is 0.00905. The van der Waals surface area contributed by atoms with Gasteiger partial charge < -0.3 is 19.6 Å². The van der Waals surface area contributed by atoms with Crippen molar-refractivity contribution in [1.29, 1.82) is 0 Å². The van der Waals surface area contributed by atoms with E-state index in [9.17, 15) is 9.59 Å². The van der Waals surface area contributed by atoms with Crippen molar-refractivity contribution in [2.24, 2.45) is 5.73 Å². The Kier molecular flexibility index (Phi) is 7.71. The molecule has 0 aromatic heterocycles. The monoisotopic (exact) mass is 436 g/mol. The zero-order valence-electron chi connectivity index (χ0n) is 19.1. The average molecular weight is 437 g/mol. The van der Waals surface area contributed by atoms with Gasteiger partial charge >= 0.3 is 12.1 Å². The fraction of sp³-hybridized carbons (Fsp3) is 0.636. The van der Waals surface area contributed by atoms with Gasteiger partial charge in [-0.25, -0.2) is 9.59 Å². The third kappa shape index (κ3) is 5.04. The van der Waals surface area contributed by atoms with Gasteiger partial charge in [-0.1, -0.05) is 51.1 Å². The fourth-order valence-electron chi connectivity index (χ4n) is 3.47. The van der Waals surface area contributed by atoms with E-state index in [2.05, 4.69) is 33.9 Å². The Bertz CT molecular complexity index is 735. The van der Waals surface area contributed by atoms with Crippen LogP contribution in [0.15, 0.2) is 30.3 Å². The minimum Gasteiger partial charge on any atom is -0.467 e. The van der Waals surface area contributed by atoms with Gasteiger partial charge in [0.15, 0.2) is 13.9 Å². The number of carbonyl (C=O) groups excluding carboxylic acids is 2. The quantitative estimate of drug-likeness (QED) is 0.518. The summed E-state index contributed by atoms with van der Waals surface area (Å²) < 4.78 is 16.9. The van der Waals surface area contributed by atoms with E-state index in [4.69, 9.17) is 19.6 Å². The number of methoxy groups -OCH3 is 1. The molecule has 0 radical (unpaired) electrons. The molecule has 7 nitrogen and oxygen atoms in total. The molecule has 168 valence electrons. The molecule has 2 N–H and O–H groups in total. The number of benzene rings is 1. The minimum absolute atomic E-state index is 0.00905. The van der Waals surface area contributed by atoms with Crippen molar-refractivity contribution >= 4 is 20.4 Å². The fourth-order valence-corrected chi connectivity index (χ4v) is 4.50. The van der Waals surface area contributed by atoms with Crippen LogP contribution in [0.25, 0.3) is 0 Å². The Labute approximate surface area is 181 Å². The smallest absolute Gasteiger partial charge is 0.411 e. The molecule has 1 amide bonds. The number of likely N-dealkylation sites (tertiary alicyclic amines) is 1. The number of nitrogens with zero attached hydrogens (tertiary/aromatic N) is 1. The molecule has 2 atom stereocenters. The van der Waals surface area contributed by atoms with E-state index in [-0.39, 0.29) is 18.3 Å². The zero-order valence-corrected chi connectivity index (χ0v) is 20.1. The molecule has 1 fully saturated rings. The van der Waals surface area contributed by atoms with Crippen molar-refractivity contribution in [3.05, 3.63) is 35.9 Å². The van der Waals surface area contributed by atoms with Gasteiger partial charge in [0.1, 0.15) is 6.61 Å². The first kappa shape index (κ1) is 24.4. The first-order valence-corrected chi connectivity index (χ1v) is 13.3. The largest absolute Gasteiger partial charge is 0.467 e. The number of esters is 1. The highest BCUT2D eigenvalue weighted by atomic mass is 28.4. The van der Waals surface area contributed by atoms with Crippen LogP contribution >= 0.6 is 0 Å². The summed E-state index contributed by atoms with van der Waals surface area (Å²) in [6.07, 6.45) is 0.496. The topological polar surface area (TPSA) is 91.1 Å². The van der Waals surface area contributed by atoms with Crippen LogP contribution in [0.3, 0.4) is 0 Å². The van der Waals surface area contributed by atoms with Crippen LogP contribution in [0.4, 0.5) is 4.79 Å². The van der Waals surface area contributed by atoms with Crippen LogP contribution in [0.1, 0.15) is 39.2 Å². The molecule has 0 saturated carbocycles. The summed E-state index contributed by atoms with van der Waals surface area (Å²) in [7, 11) is -0.755. The Morgan fingerprint density at radius 1 is 1.23 bits per heavy atom. The molecular formula is C22H36N2O5Si. The third-order valence-corrected chi connectivity index (χ3v) is 10.9. The maximum Gasteiger partial charge on any atom is 0.411 e. The molecule has 0 unspecified atom stereocenters. The van der Waals surface area contributed by atoms with Crippen molar-refractivity contribution in [3.63, 3.8) is 0 Å². The molecule has 0 aliphatic carbocycles. The maximum absolute atomic E-state index is 12.9. The summed E-state index contributed by atoms with van der Waals surface area (Å²) in [5.41, 5.74) is 6.11. The lowest BCUT2D eigenvalue weighted by Crippen LogP contribution is -2.65. The van der Waals surface area contributed by atoms with Gasteiger partial charge in [0.05, 0.1) is 19.8 Å². The predicted octanol–water partition coefficient (Wildman–Crippen LogP) is 3.68. The molecule has 0 spiro atoms. The van der Waals surface area contributed by atoms with Gasteiger partial charge in [-0.2, -0.15) is 0 Å². The van der Waals surface area contributed by atoms with Crippen LogP contribution in [-0.2, 0) is 25.3 Å². The molecule has 1 heterocycles. The van der Waals surface area contributed by atoms with E-state index in [0.29, 0.717) is 19.4 Å². The number of hydrogen-bond donors (Lipinski definition) is 1. The normalized spacial score (nSPS) is 20.7. The third-order valence-electron chi connectivity index (χ3n) is 6.43. The number of carbonyl (C=O) groups is 2. The summed E-state index contributed by atoms with van der Waals surface area (Å²) in [5.74, 6) is -0.525. The molecule has 8 heteroatoms. The van der Waals surface area contributed by atoms with Crippen molar-refractivity contribution in [1.82, 2.24) is 4.90 Å². The second kappa shape index (κ2) is 9.49. The molecule has 30 heavy (non-hydrogen) atoms. The van der Waals surface area contributed by atoms with Crippen LogP contribution in [0.5, 0.6) is 0 Å². The van der Waals surface area contributed by atoms with Gasteiger partial charge in [0.25, 0.3) is 0 Å². The standard InChI is InChI=1S/C22H36N2O5Si/c1-21(2,3)30(5,6)29-16-18(23)22(19(25)27-4)13-10-14-24(22)20(26)28-15-17-11-8-7-9-12-17/h7-9,11-12,18H,10,13-16,23H2,1-6H3/t18-,22+/m0/s1. The van der Waals surface area contributed by atoms with E-state index in [1.165, 1.54) is 12.0 Å². The number of hydrogen-bond acceptors (Lipinski definition) is 6. The molecule has 2 rings (SSSR count). The Morgan fingerprint density at radius 2 is 1.87 bits per heavy atom. The van der Waals surface area contributed by atoms with Crippen molar-refractivity contribution in [2.75, 3.05) is 20.3 Å². The number of ether oxygens (including phenoxy) is 2. The first-order chi connectivity index (χ1) is 14.0. The highest BCUT2D eigenvalue weighted by Crippen LogP contribution is 2.38. The van der Waals surface area contributed by atoms with E-state index in [1.54, 1.807) is 0 Å². The predicted molar refractivity (Wildman–Crippen MR) is 118 cm³/mol. The molecule has 1 saturated heterocycles. The molecular weight excluding hydrogens is 400 g/mol. The number of rotatable bonds is 7. The van der Waals surface area contributed by atoms with E-state index >= 15 is 0 Å². The van der Waals surface area contributed by atoms with Crippen molar-refractivity contribution in [3.8, 4) is 0 Å². The number of nitrogens with two attached hydrogens (primary N) is 1. The van der Waals surface area contributed by atoms with E-state index in [0.717, 1.165) is 5.56 Å². The minimum atomic E-state index is -2.07. The SMILES string of the molecule is COC(=O)[C@]1([C@@H](N)CO[Si](C)(C)C(C)(C)C)CCCN1C(=O)OCc1ccccc1. The summed E-state index contributed by atoms with van der Waals surface area (Å²) in [4.78, 5) is 27.3. The Balaban J connectivity index is 2.18. The number of amides is 1. The lowest BCUT2D eigenvalue weighted by Gasteiger charge is -2.42. The van der Waals surface area contributed by atoms with Crippen LogP contribution < -0.4 is 5.73 Å². The highest BCUT2D eigenvalue weighted by molar-refractivity contribution is 6.74. The first-order valence-electron chi connectivity index (χ1n) is 10.4. The van der Waals surface area contributed by atoms with Crippen molar-refractivity contribution in [2.45, 2.75) is 69.9 Å². The van der Waals surface area contributed by atoms with Crippen molar-refractivity contribution < 1.29 is 23.5 Å². The maximum atomic E-state index is 12.9.